The average Bonchev–Trinajstić information content (AvgIpc) is 3.08. The monoisotopic (exact) mass is 338 g/mol. The Morgan fingerprint density at radius 1 is 1.04 bits per heavy atom. The van der Waals surface area contributed by atoms with Gasteiger partial charge >= 0.3 is 5.97 Å². The van der Waals surface area contributed by atoms with E-state index in [0.29, 0.717) is 13.0 Å². The van der Waals surface area contributed by atoms with Crippen molar-refractivity contribution in [1.29, 1.82) is 0 Å². The van der Waals surface area contributed by atoms with Gasteiger partial charge in [-0.05, 0) is 24.6 Å². The number of carbonyl (C=O) groups is 2. The predicted octanol–water partition coefficient (Wildman–Crippen LogP) is 2.09. The molecule has 0 unspecified atom stereocenters. The van der Waals surface area contributed by atoms with Crippen LogP contribution in [0.3, 0.4) is 0 Å². The average molecular weight is 338 g/mol. The van der Waals surface area contributed by atoms with E-state index in [0.717, 1.165) is 11.1 Å². The van der Waals surface area contributed by atoms with Crippen LogP contribution in [0.1, 0.15) is 23.5 Å². The van der Waals surface area contributed by atoms with Gasteiger partial charge in [-0.1, -0.05) is 60.7 Å². The molecule has 5 heteroatoms. The molecular formula is C20H22N2O3. The number of hydrogen-bond donors (Lipinski definition) is 2. The third-order valence-corrected chi connectivity index (χ3v) is 4.79. The number of nitrogens with one attached hydrogen (secondary N) is 1. The molecule has 1 amide bonds. The Morgan fingerprint density at radius 2 is 1.56 bits per heavy atom. The molecule has 2 N–H and O–H groups in total. The molecule has 130 valence electrons. The Morgan fingerprint density at radius 3 is 2.00 bits per heavy atom. The number of carboxylic acid groups (broad SMARTS) is 1. The molecule has 25 heavy (non-hydrogen) atoms. The van der Waals surface area contributed by atoms with Gasteiger partial charge in [-0.3, -0.25) is 4.79 Å². The van der Waals surface area contributed by atoms with E-state index in [1.165, 1.54) is 4.90 Å². The quantitative estimate of drug-likeness (QED) is 0.876. The van der Waals surface area contributed by atoms with E-state index in [1.807, 2.05) is 60.7 Å². The molecule has 0 aromatic heterocycles. The molecule has 1 aliphatic rings. The highest BCUT2D eigenvalue weighted by molar-refractivity contribution is 5.91. The second-order valence-corrected chi connectivity index (χ2v) is 6.32. The summed E-state index contributed by atoms with van der Waals surface area (Å²) in [6.45, 7) is 0.405. The van der Waals surface area contributed by atoms with Crippen LogP contribution < -0.4 is 5.32 Å². The van der Waals surface area contributed by atoms with Crippen LogP contribution in [-0.2, 0) is 9.59 Å². The molecular weight excluding hydrogens is 316 g/mol. The van der Waals surface area contributed by atoms with Crippen molar-refractivity contribution in [2.24, 2.45) is 0 Å². The van der Waals surface area contributed by atoms with Crippen molar-refractivity contribution in [2.75, 3.05) is 13.6 Å². The minimum absolute atomic E-state index is 0.00255. The molecule has 1 saturated heterocycles. The van der Waals surface area contributed by atoms with Gasteiger partial charge in [0.1, 0.15) is 6.04 Å². The summed E-state index contributed by atoms with van der Waals surface area (Å²) in [7, 11) is 1.80. The Kier molecular flexibility index (Phi) is 5.14. The van der Waals surface area contributed by atoms with Crippen molar-refractivity contribution in [3.05, 3.63) is 71.8 Å². The van der Waals surface area contributed by atoms with Gasteiger partial charge in [0.05, 0.1) is 5.92 Å². The lowest BCUT2D eigenvalue weighted by Gasteiger charge is -2.27. The van der Waals surface area contributed by atoms with E-state index >= 15 is 0 Å². The molecule has 2 atom stereocenters. The van der Waals surface area contributed by atoms with Crippen molar-refractivity contribution in [2.45, 2.75) is 24.4 Å². The van der Waals surface area contributed by atoms with Crippen molar-refractivity contribution in [1.82, 2.24) is 10.2 Å². The number of carboxylic acids is 1. The Balaban J connectivity index is 1.98. The molecule has 3 rings (SSSR count). The SMILES string of the molecule is CN[C@H]1C[C@@H](C(=O)O)N(C(=O)C(c2ccccc2)c2ccccc2)C1. The number of carbonyl (C=O) groups excluding carboxylic acids is 1. The third kappa shape index (κ3) is 3.56. The smallest absolute Gasteiger partial charge is 0.326 e. The highest BCUT2D eigenvalue weighted by atomic mass is 16.4. The van der Waals surface area contributed by atoms with Crippen LogP contribution in [0.15, 0.2) is 60.7 Å². The topological polar surface area (TPSA) is 69.6 Å². The lowest BCUT2D eigenvalue weighted by molar-refractivity contribution is -0.148. The van der Waals surface area contributed by atoms with Gasteiger partial charge in [0.2, 0.25) is 5.91 Å². The largest absolute Gasteiger partial charge is 0.480 e. The standard InChI is InChI=1S/C20H22N2O3/c1-21-16-12-17(20(24)25)22(13-16)19(23)18(14-8-4-2-5-9-14)15-10-6-3-7-11-15/h2-11,16-18,21H,12-13H2,1H3,(H,24,25)/t16-,17-/m0/s1. The molecule has 1 fully saturated rings. The van der Waals surface area contributed by atoms with Crippen LogP contribution in [0.25, 0.3) is 0 Å². The first-order valence-electron chi connectivity index (χ1n) is 8.42. The van der Waals surface area contributed by atoms with E-state index in [9.17, 15) is 14.7 Å². The third-order valence-electron chi connectivity index (χ3n) is 4.79. The van der Waals surface area contributed by atoms with Crippen molar-refractivity contribution in [3.63, 3.8) is 0 Å². The van der Waals surface area contributed by atoms with Gasteiger partial charge in [-0.15, -0.1) is 0 Å². The van der Waals surface area contributed by atoms with Gasteiger partial charge in [0, 0.05) is 12.6 Å². The number of aliphatic carboxylic acids is 1. The maximum atomic E-state index is 13.4. The lowest BCUT2D eigenvalue weighted by Crippen LogP contribution is -2.43. The first-order valence-corrected chi connectivity index (χ1v) is 8.42. The summed E-state index contributed by atoms with van der Waals surface area (Å²) in [5.41, 5.74) is 1.74. The van der Waals surface area contributed by atoms with Crippen LogP contribution in [-0.4, -0.2) is 47.6 Å². The zero-order chi connectivity index (χ0) is 17.8. The van der Waals surface area contributed by atoms with Crippen LogP contribution >= 0.6 is 0 Å². The van der Waals surface area contributed by atoms with Crippen molar-refractivity contribution < 1.29 is 14.7 Å². The molecule has 0 aliphatic carbocycles. The Labute approximate surface area is 147 Å². The Hall–Kier alpha value is -2.66. The molecule has 0 bridgehead atoms. The van der Waals surface area contributed by atoms with Gasteiger partial charge in [0.25, 0.3) is 0 Å². The molecule has 2 aromatic rings. The summed E-state index contributed by atoms with van der Waals surface area (Å²) >= 11 is 0. The van der Waals surface area contributed by atoms with Gasteiger partial charge in [0.15, 0.2) is 0 Å². The maximum Gasteiger partial charge on any atom is 0.326 e. The minimum Gasteiger partial charge on any atom is -0.480 e. The normalized spacial score (nSPS) is 20.0. The predicted molar refractivity (Wildman–Crippen MR) is 95.3 cm³/mol. The fraction of sp³-hybridized carbons (Fsp3) is 0.300. The molecule has 0 saturated carbocycles. The highest BCUT2D eigenvalue weighted by Crippen LogP contribution is 2.30. The van der Waals surface area contributed by atoms with Gasteiger partial charge in [-0.2, -0.15) is 0 Å². The van der Waals surface area contributed by atoms with Crippen LogP contribution in [0.2, 0.25) is 0 Å². The van der Waals surface area contributed by atoms with Crippen LogP contribution in [0, 0.1) is 0 Å². The van der Waals surface area contributed by atoms with E-state index in [-0.39, 0.29) is 11.9 Å². The van der Waals surface area contributed by atoms with Crippen LogP contribution in [0.4, 0.5) is 0 Å². The molecule has 2 aromatic carbocycles. The molecule has 0 spiro atoms. The molecule has 0 radical (unpaired) electrons. The Bertz CT molecular complexity index is 694. The lowest BCUT2D eigenvalue weighted by atomic mass is 9.90. The van der Waals surface area contributed by atoms with Crippen LogP contribution in [0.5, 0.6) is 0 Å². The van der Waals surface area contributed by atoms with E-state index in [1.54, 1.807) is 7.05 Å². The fourth-order valence-electron chi connectivity index (χ4n) is 3.46. The van der Waals surface area contributed by atoms with E-state index < -0.39 is 17.9 Å². The molecule has 1 aliphatic heterocycles. The van der Waals surface area contributed by atoms with Gasteiger partial charge < -0.3 is 15.3 Å². The zero-order valence-electron chi connectivity index (χ0n) is 14.1. The fourth-order valence-corrected chi connectivity index (χ4v) is 3.46. The number of likely N-dealkylation sites (N-methyl/N-ethyl adjacent to an activating group) is 1. The number of nitrogens with zero attached hydrogens (tertiary/aromatic N) is 1. The summed E-state index contributed by atoms with van der Waals surface area (Å²) in [5, 5.41) is 12.6. The zero-order valence-corrected chi connectivity index (χ0v) is 14.1. The minimum atomic E-state index is -0.953. The molecule has 5 nitrogen and oxygen atoms in total. The number of benzene rings is 2. The second kappa shape index (κ2) is 7.49. The van der Waals surface area contributed by atoms with Crippen molar-refractivity contribution in [3.8, 4) is 0 Å². The maximum absolute atomic E-state index is 13.4. The first kappa shape index (κ1) is 17.2. The number of amides is 1. The van der Waals surface area contributed by atoms with E-state index in [4.69, 9.17) is 0 Å². The van der Waals surface area contributed by atoms with E-state index in [2.05, 4.69) is 5.32 Å². The summed E-state index contributed by atoms with van der Waals surface area (Å²) in [6.07, 6.45) is 0.424. The number of hydrogen-bond acceptors (Lipinski definition) is 3. The number of likely N-dealkylation sites (tertiary alicyclic amines) is 1. The molecule has 1 heterocycles. The second-order valence-electron chi connectivity index (χ2n) is 6.32. The van der Waals surface area contributed by atoms with Crippen molar-refractivity contribution >= 4 is 11.9 Å². The first-order chi connectivity index (χ1) is 12.1. The number of rotatable bonds is 5. The van der Waals surface area contributed by atoms with Gasteiger partial charge in [-0.25, -0.2) is 4.79 Å². The summed E-state index contributed by atoms with van der Waals surface area (Å²) in [6, 6.07) is 18.3. The summed E-state index contributed by atoms with van der Waals surface area (Å²) in [5.74, 6) is -1.62. The highest BCUT2D eigenvalue weighted by Gasteiger charge is 2.41. The summed E-state index contributed by atoms with van der Waals surface area (Å²) < 4.78 is 0. The summed E-state index contributed by atoms with van der Waals surface area (Å²) in [4.78, 5) is 26.5.